The molecule has 1 rings (SSSR count). The van der Waals surface area contributed by atoms with Crippen LogP contribution in [-0.2, 0) is 6.54 Å². The number of aromatic nitrogens is 1. The quantitative estimate of drug-likeness (QED) is 0.705. The number of nitrogens with zero attached hydrogens (tertiary/aromatic N) is 1. The average molecular weight is 251 g/mol. The van der Waals surface area contributed by atoms with Crippen LogP contribution in [-0.4, -0.2) is 15.6 Å². The van der Waals surface area contributed by atoms with E-state index in [0.717, 1.165) is 24.4 Å². The van der Waals surface area contributed by atoms with Crippen molar-refractivity contribution in [2.24, 2.45) is 0 Å². The predicted octanol–water partition coefficient (Wildman–Crippen LogP) is 4.16. The zero-order valence-corrected chi connectivity index (χ0v) is 11.8. The molecule has 0 bridgehead atoms. The van der Waals surface area contributed by atoms with E-state index < -0.39 is 5.97 Å². The molecular weight excluding hydrogens is 226 g/mol. The van der Waals surface area contributed by atoms with Crippen LogP contribution in [0.3, 0.4) is 0 Å². The first-order chi connectivity index (χ1) is 8.57. The lowest BCUT2D eigenvalue weighted by Crippen LogP contribution is -2.04. The first kappa shape index (κ1) is 14.8. The highest BCUT2D eigenvalue weighted by atomic mass is 16.4. The summed E-state index contributed by atoms with van der Waals surface area (Å²) in [7, 11) is 0. The van der Waals surface area contributed by atoms with Crippen molar-refractivity contribution < 1.29 is 9.90 Å². The third kappa shape index (κ3) is 3.90. The molecule has 102 valence electrons. The molecule has 0 spiro atoms. The second-order valence-electron chi connectivity index (χ2n) is 5.01. The number of hydrogen-bond acceptors (Lipinski definition) is 1. The summed E-state index contributed by atoms with van der Waals surface area (Å²) in [5.41, 5.74) is 2.38. The summed E-state index contributed by atoms with van der Waals surface area (Å²) < 4.78 is 2.13. The third-order valence-corrected chi connectivity index (χ3v) is 3.54. The van der Waals surface area contributed by atoms with Crippen LogP contribution in [0.4, 0.5) is 0 Å². The van der Waals surface area contributed by atoms with Crippen molar-refractivity contribution >= 4 is 5.97 Å². The molecule has 1 N–H and O–H groups in total. The van der Waals surface area contributed by atoms with Crippen LogP contribution >= 0.6 is 0 Å². The maximum Gasteiger partial charge on any atom is 0.337 e. The Bertz CT molecular complexity index is 393. The van der Waals surface area contributed by atoms with E-state index in [1.807, 2.05) is 13.8 Å². The number of aromatic carboxylic acids is 1. The fourth-order valence-electron chi connectivity index (χ4n) is 2.41. The molecule has 0 unspecified atom stereocenters. The molecule has 3 nitrogen and oxygen atoms in total. The highest BCUT2D eigenvalue weighted by molar-refractivity contribution is 5.89. The van der Waals surface area contributed by atoms with Crippen LogP contribution in [0.1, 0.15) is 67.2 Å². The minimum Gasteiger partial charge on any atom is -0.478 e. The molecule has 3 heteroatoms. The summed E-state index contributed by atoms with van der Waals surface area (Å²) in [5, 5.41) is 9.06. The van der Waals surface area contributed by atoms with Gasteiger partial charge in [0.15, 0.2) is 0 Å². The average Bonchev–Trinajstić information content (AvgIpc) is 2.60. The lowest BCUT2D eigenvalue weighted by Gasteiger charge is -2.09. The van der Waals surface area contributed by atoms with Crippen molar-refractivity contribution in [3.8, 4) is 0 Å². The molecule has 0 aliphatic heterocycles. The second kappa shape index (κ2) is 7.24. The zero-order chi connectivity index (χ0) is 13.5. The monoisotopic (exact) mass is 251 g/mol. The summed E-state index contributed by atoms with van der Waals surface area (Å²) in [5.74, 6) is -0.822. The van der Waals surface area contributed by atoms with Gasteiger partial charge in [0.2, 0.25) is 0 Å². The second-order valence-corrected chi connectivity index (χ2v) is 5.01. The lowest BCUT2D eigenvalue weighted by molar-refractivity contribution is 0.0696. The number of carboxylic acids is 1. The summed E-state index contributed by atoms with van der Waals surface area (Å²) >= 11 is 0. The van der Waals surface area contributed by atoms with Gasteiger partial charge in [0, 0.05) is 17.9 Å². The van der Waals surface area contributed by atoms with Gasteiger partial charge in [-0.2, -0.15) is 0 Å². The number of aryl methyl sites for hydroxylation is 1. The SMILES string of the molecule is CCCCCCCCn1c(C)cc(C(=O)O)c1C. The van der Waals surface area contributed by atoms with Crippen LogP contribution in [0.2, 0.25) is 0 Å². The molecular formula is C15H25NO2. The number of rotatable bonds is 8. The molecule has 18 heavy (non-hydrogen) atoms. The molecule has 0 fully saturated rings. The van der Waals surface area contributed by atoms with Crippen molar-refractivity contribution in [2.45, 2.75) is 65.8 Å². The Morgan fingerprint density at radius 3 is 2.33 bits per heavy atom. The first-order valence-electron chi connectivity index (χ1n) is 6.98. The number of hydrogen-bond donors (Lipinski definition) is 1. The highest BCUT2D eigenvalue weighted by Crippen LogP contribution is 2.16. The fourth-order valence-corrected chi connectivity index (χ4v) is 2.41. The van der Waals surface area contributed by atoms with Crippen LogP contribution < -0.4 is 0 Å². The van der Waals surface area contributed by atoms with Gasteiger partial charge in [-0.1, -0.05) is 39.0 Å². The van der Waals surface area contributed by atoms with Crippen LogP contribution in [0, 0.1) is 13.8 Å². The van der Waals surface area contributed by atoms with Crippen molar-refractivity contribution in [3.63, 3.8) is 0 Å². The van der Waals surface area contributed by atoms with E-state index in [0.29, 0.717) is 5.56 Å². The van der Waals surface area contributed by atoms with Gasteiger partial charge >= 0.3 is 5.97 Å². The Labute approximate surface area is 110 Å². The molecule has 0 atom stereocenters. The first-order valence-corrected chi connectivity index (χ1v) is 6.98. The lowest BCUT2D eigenvalue weighted by atomic mass is 10.1. The van der Waals surface area contributed by atoms with Gasteiger partial charge in [-0.05, 0) is 26.3 Å². The smallest absolute Gasteiger partial charge is 0.337 e. The maximum atomic E-state index is 11.0. The standard InChI is InChI=1S/C15H25NO2/c1-4-5-6-7-8-9-10-16-12(2)11-14(13(16)3)15(17)18/h11H,4-10H2,1-3H3,(H,17,18). The zero-order valence-electron chi connectivity index (χ0n) is 11.8. The van der Waals surface area contributed by atoms with E-state index in [-0.39, 0.29) is 0 Å². The maximum absolute atomic E-state index is 11.0. The van der Waals surface area contributed by atoms with Gasteiger partial charge in [0.1, 0.15) is 0 Å². The van der Waals surface area contributed by atoms with Gasteiger partial charge in [-0.3, -0.25) is 0 Å². The van der Waals surface area contributed by atoms with E-state index in [9.17, 15) is 4.79 Å². The number of carbonyl (C=O) groups is 1. The molecule has 0 saturated carbocycles. The topological polar surface area (TPSA) is 42.2 Å². The fraction of sp³-hybridized carbons (Fsp3) is 0.667. The molecule has 1 aromatic heterocycles. The molecule has 0 radical (unpaired) electrons. The van der Waals surface area contributed by atoms with Crippen molar-refractivity contribution in [2.75, 3.05) is 0 Å². The van der Waals surface area contributed by atoms with Gasteiger partial charge in [0.25, 0.3) is 0 Å². The van der Waals surface area contributed by atoms with E-state index in [2.05, 4.69) is 11.5 Å². The van der Waals surface area contributed by atoms with Gasteiger partial charge < -0.3 is 9.67 Å². The highest BCUT2D eigenvalue weighted by Gasteiger charge is 2.13. The Hall–Kier alpha value is -1.25. The number of unbranched alkanes of at least 4 members (excludes halogenated alkanes) is 5. The largest absolute Gasteiger partial charge is 0.478 e. The molecule has 0 saturated heterocycles. The van der Waals surface area contributed by atoms with Crippen LogP contribution in [0.25, 0.3) is 0 Å². The van der Waals surface area contributed by atoms with Crippen molar-refractivity contribution in [1.82, 2.24) is 4.57 Å². The summed E-state index contributed by atoms with van der Waals surface area (Å²) in [6.07, 6.45) is 7.58. The molecule has 0 aromatic carbocycles. The normalized spacial score (nSPS) is 10.8. The van der Waals surface area contributed by atoms with Gasteiger partial charge in [-0.15, -0.1) is 0 Å². The van der Waals surface area contributed by atoms with Crippen molar-refractivity contribution in [1.29, 1.82) is 0 Å². The molecule has 0 aliphatic carbocycles. The molecule has 0 aliphatic rings. The predicted molar refractivity (Wildman–Crippen MR) is 74.2 cm³/mol. The van der Waals surface area contributed by atoms with Gasteiger partial charge in [0.05, 0.1) is 5.56 Å². The minimum atomic E-state index is -0.822. The summed E-state index contributed by atoms with van der Waals surface area (Å²) in [6, 6.07) is 1.77. The Morgan fingerprint density at radius 1 is 1.17 bits per heavy atom. The van der Waals surface area contributed by atoms with E-state index >= 15 is 0 Å². The van der Waals surface area contributed by atoms with Gasteiger partial charge in [-0.25, -0.2) is 4.79 Å². The Kier molecular flexibility index (Phi) is 5.96. The Balaban J connectivity index is 2.45. The minimum absolute atomic E-state index is 0.443. The summed E-state index contributed by atoms with van der Waals surface area (Å²) in [4.78, 5) is 11.0. The molecule has 0 amide bonds. The van der Waals surface area contributed by atoms with E-state index in [1.165, 1.54) is 32.1 Å². The number of carboxylic acid groups (broad SMARTS) is 1. The Morgan fingerprint density at radius 2 is 1.78 bits per heavy atom. The van der Waals surface area contributed by atoms with Crippen LogP contribution in [0.15, 0.2) is 6.07 Å². The third-order valence-electron chi connectivity index (χ3n) is 3.54. The molecule has 1 aromatic rings. The van der Waals surface area contributed by atoms with Crippen LogP contribution in [0.5, 0.6) is 0 Å². The van der Waals surface area contributed by atoms with E-state index in [4.69, 9.17) is 5.11 Å². The van der Waals surface area contributed by atoms with Crippen molar-refractivity contribution in [3.05, 3.63) is 23.0 Å². The van der Waals surface area contributed by atoms with E-state index in [1.54, 1.807) is 6.07 Å². The summed E-state index contributed by atoms with van der Waals surface area (Å²) in [6.45, 7) is 7.04. The molecule has 1 heterocycles.